The van der Waals surface area contributed by atoms with Crippen molar-refractivity contribution in [3.05, 3.63) is 58.4 Å². The number of rotatable bonds is 5. The molecule has 1 unspecified atom stereocenters. The summed E-state index contributed by atoms with van der Waals surface area (Å²) in [5.74, 6) is -0.784. The minimum absolute atomic E-state index is 0.0381. The van der Waals surface area contributed by atoms with Crippen LogP contribution in [-0.2, 0) is 17.7 Å². The molecule has 0 aliphatic carbocycles. The van der Waals surface area contributed by atoms with Crippen molar-refractivity contribution in [2.45, 2.75) is 25.9 Å². The number of likely N-dealkylation sites (N-methyl/N-ethyl adjacent to an activating group) is 1. The molecule has 0 radical (unpaired) electrons. The molecule has 0 saturated carbocycles. The smallest absolute Gasteiger partial charge is 0.210 e. The maximum absolute atomic E-state index is 15.5. The van der Waals surface area contributed by atoms with Gasteiger partial charge in [-0.1, -0.05) is 24.3 Å². The predicted octanol–water partition coefficient (Wildman–Crippen LogP) is 3.15. The topological polar surface area (TPSA) is 66.8 Å². The van der Waals surface area contributed by atoms with Gasteiger partial charge in [0.1, 0.15) is 5.71 Å². The van der Waals surface area contributed by atoms with Crippen molar-refractivity contribution in [3.8, 4) is 11.5 Å². The third kappa shape index (κ3) is 4.37. The normalized spacial score (nSPS) is 19.5. The minimum Gasteiger partial charge on any atom is -0.490 e. The number of benzene rings is 2. The molecule has 0 amide bonds. The molecule has 2 aromatic carbocycles. The first-order valence-corrected chi connectivity index (χ1v) is 10.4. The lowest BCUT2D eigenvalue weighted by molar-refractivity contribution is -0.139. The van der Waals surface area contributed by atoms with E-state index in [4.69, 9.17) is 14.6 Å². The van der Waals surface area contributed by atoms with E-state index in [0.29, 0.717) is 23.3 Å². The lowest BCUT2D eigenvalue weighted by Crippen LogP contribution is -2.35. The second-order valence-corrected chi connectivity index (χ2v) is 8.01. The predicted molar refractivity (Wildman–Crippen MR) is 115 cm³/mol. The Kier molecular flexibility index (Phi) is 6.41. The highest BCUT2D eigenvalue weighted by atomic mass is 19.1. The van der Waals surface area contributed by atoms with Crippen molar-refractivity contribution in [3.63, 3.8) is 0 Å². The lowest BCUT2D eigenvalue weighted by Gasteiger charge is -2.26. The number of halogens is 1. The van der Waals surface area contributed by atoms with Crippen LogP contribution in [0.5, 0.6) is 11.5 Å². The van der Waals surface area contributed by atoms with Crippen LogP contribution in [0.25, 0.3) is 0 Å². The maximum Gasteiger partial charge on any atom is 0.210 e. The lowest BCUT2D eigenvalue weighted by atomic mass is 9.93. The van der Waals surface area contributed by atoms with Gasteiger partial charge in [-0.2, -0.15) is 5.10 Å². The Morgan fingerprint density at radius 2 is 1.94 bits per heavy atom. The molecule has 1 N–H and O–H groups in total. The number of hydrogen-bond donors (Lipinski definition) is 1. The molecule has 2 aliphatic rings. The molecule has 7 nitrogen and oxygen atoms in total. The van der Waals surface area contributed by atoms with E-state index in [0.717, 1.165) is 38.4 Å². The van der Waals surface area contributed by atoms with Crippen molar-refractivity contribution in [1.82, 2.24) is 9.91 Å². The summed E-state index contributed by atoms with van der Waals surface area (Å²) in [6.07, 6.45) is 0.547. The Morgan fingerprint density at radius 1 is 1.23 bits per heavy atom. The van der Waals surface area contributed by atoms with E-state index in [1.54, 1.807) is 6.07 Å². The number of hydrogen-bond acceptors (Lipinski definition) is 7. The minimum atomic E-state index is -0.595. The van der Waals surface area contributed by atoms with E-state index in [2.05, 4.69) is 21.9 Å². The zero-order chi connectivity index (χ0) is 22.0. The maximum atomic E-state index is 15.5. The van der Waals surface area contributed by atoms with Gasteiger partial charge in [-0.05, 0) is 30.5 Å². The molecule has 0 bridgehead atoms. The second kappa shape index (κ2) is 9.21. The summed E-state index contributed by atoms with van der Waals surface area (Å²) in [5.41, 5.74) is 3.60. The molecule has 2 heterocycles. The van der Waals surface area contributed by atoms with Crippen LogP contribution in [0.15, 0.2) is 35.4 Å². The van der Waals surface area contributed by atoms with Crippen LogP contribution in [0.1, 0.15) is 29.2 Å². The Hall–Kier alpha value is -2.68. The fourth-order valence-corrected chi connectivity index (χ4v) is 4.08. The molecule has 4 rings (SSSR count). The van der Waals surface area contributed by atoms with E-state index in [-0.39, 0.29) is 17.5 Å². The average Bonchev–Trinajstić information content (AvgIpc) is 2.91. The fraction of sp³-hybridized carbons (Fsp3) is 0.435. The van der Waals surface area contributed by atoms with Crippen LogP contribution in [0, 0.1) is 5.82 Å². The number of ether oxygens (including phenoxy) is 2. The molecule has 166 valence electrons. The van der Waals surface area contributed by atoms with Crippen LogP contribution in [0.2, 0.25) is 0 Å². The number of fused-ring (bicyclic) bond motifs is 1. The van der Waals surface area contributed by atoms with Crippen LogP contribution < -0.4 is 9.62 Å². The van der Waals surface area contributed by atoms with E-state index < -0.39 is 5.82 Å². The third-order valence-electron chi connectivity index (χ3n) is 5.96. The summed E-state index contributed by atoms with van der Waals surface area (Å²) in [6.45, 7) is 6.23. The van der Waals surface area contributed by atoms with Crippen LogP contribution in [0.4, 0.5) is 4.39 Å². The van der Waals surface area contributed by atoms with Crippen LogP contribution in [-0.4, -0.2) is 67.4 Å². The molecule has 2 aromatic rings. The Balaban J connectivity index is 1.73. The van der Waals surface area contributed by atoms with Gasteiger partial charge in [0.25, 0.3) is 0 Å². The number of methoxy groups -OCH3 is 1. The van der Waals surface area contributed by atoms with Gasteiger partial charge in [-0.15, -0.1) is 0 Å². The first-order chi connectivity index (χ1) is 15.0. The summed E-state index contributed by atoms with van der Waals surface area (Å²) in [7, 11) is 3.22. The zero-order valence-corrected chi connectivity index (χ0v) is 18.1. The zero-order valence-electron chi connectivity index (χ0n) is 18.1. The number of hydrazone groups is 1. The molecule has 31 heavy (non-hydrogen) atoms. The van der Waals surface area contributed by atoms with E-state index >= 15 is 4.39 Å². The highest BCUT2D eigenvalue weighted by Crippen LogP contribution is 2.37. The first-order valence-electron chi connectivity index (χ1n) is 10.4. The largest absolute Gasteiger partial charge is 0.490 e. The summed E-state index contributed by atoms with van der Waals surface area (Å²) in [5, 5.41) is 15.8. The van der Waals surface area contributed by atoms with E-state index in [9.17, 15) is 5.26 Å². The second-order valence-electron chi connectivity index (χ2n) is 8.01. The van der Waals surface area contributed by atoms with Crippen molar-refractivity contribution < 1.29 is 24.0 Å². The van der Waals surface area contributed by atoms with Crippen molar-refractivity contribution in [2.75, 3.05) is 40.5 Å². The van der Waals surface area contributed by atoms with Gasteiger partial charge in [-0.3, -0.25) is 9.91 Å². The number of morpholine rings is 1. The molecule has 2 aliphatic heterocycles. The van der Waals surface area contributed by atoms with Gasteiger partial charge in [0.15, 0.2) is 5.82 Å². The van der Waals surface area contributed by atoms with Crippen LogP contribution in [0.3, 0.4) is 0 Å². The monoisotopic (exact) mass is 429 g/mol. The van der Waals surface area contributed by atoms with Gasteiger partial charge in [0, 0.05) is 43.9 Å². The first kappa shape index (κ1) is 21.5. The molecule has 1 atom stereocenters. The van der Waals surface area contributed by atoms with Gasteiger partial charge < -0.3 is 14.4 Å². The summed E-state index contributed by atoms with van der Waals surface area (Å²) >= 11 is 0. The summed E-state index contributed by atoms with van der Waals surface area (Å²) in [6, 6.07) is 9.73. The molecular weight excluding hydrogens is 401 g/mol. The van der Waals surface area contributed by atoms with Crippen molar-refractivity contribution in [1.29, 1.82) is 0 Å². The summed E-state index contributed by atoms with van der Waals surface area (Å²) in [4.78, 5) is 6.74. The molecule has 1 fully saturated rings. The molecule has 0 spiro atoms. The van der Waals surface area contributed by atoms with Crippen molar-refractivity contribution in [2.24, 2.45) is 5.10 Å². The Bertz CT molecular complexity index is 958. The SMILES string of the molecule is COc1c(OO)cc2c(c1F)C(c1ccc(CN3CCOCC3)cc1)=NN(C)C(C)C2. The molecule has 8 heteroatoms. The summed E-state index contributed by atoms with van der Waals surface area (Å²) < 4.78 is 26.1. The fourth-order valence-electron chi connectivity index (χ4n) is 4.08. The number of nitrogens with zero attached hydrogens (tertiary/aromatic N) is 3. The van der Waals surface area contributed by atoms with Gasteiger partial charge >= 0.3 is 0 Å². The van der Waals surface area contributed by atoms with E-state index in [1.165, 1.54) is 12.7 Å². The van der Waals surface area contributed by atoms with Crippen LogP contribution >= 0.6 is 0 Å². The standard InChI is InChI=1S/C23H28FN3O4/c1-15-12-18-13-19(31-28)23(29-3)21(24)20(18)22(25-26(15)2)17-6-4-16(5-7-17)14-27-8-10-30-11-9-27/h4-7,13,15,28H,8-12,14H2,1-3H3. The molecular formula is C23H28FN3O4. The average molecular weight is 429 g/mol. The third-order valence-corrected chi connectivity index (χ3v) is 5.96. The van der Waals surface area contributed by atoms with Gasteiger partial charge in [-0.25, -0.2) is 9.65 Å². The van der Waals surface area contributed by atoms with E-state index in [1.807, 2.05) is 31.1 Å². The molecule has 0 aromatic heterocycles. The Morgan fingerprint density at radius 3 is 2.58 bits per heavy atom. The quantitative estimate of drug-likeness (QED) is 0.582. The highest BCUT2D eigenvalue weighted by Gasteiger charge is 2.29. The van der Waals surface area contributed by atoms with Gasteiger partial charge in [0.2, 0.25) is 11.5 Å². The van der Waals surface area contributed by atoms with Gasteiger partial charge in [0.05, 0.1) is 20.3 Å². The van der Waals surface area contributed by atoms with Crippen molar-refractivity contribution >= 4 is 5.71 Å². The molecule has 1 saturated heterocycles. The highest BCUT2D eigenvalue weighted by molar-refractivity contribution is 6.14. The Labute approximate surface area is 181 Å².